The van der Waals surface area contributed by atoms with E-state index in [0.29, 0.717) is 13.1 Å². The van der Waals surface area contributed by atoms with Gasteiger partial charge in [-0.2, -0.15) is 0 Å². The number of carbonyl (C=O) groups excluding carboxylic acids is 2. The molecule has 6 heteroatoms. The van der Waals surface area contributed by atoms with Crippen LogP contribution >= 0.6 is 0 Å². The van der Waals surface area contributed by atoms with Gasteiger partial charge in [0.1, 0.15) is 0 Å². The van der Waals surface area contributed by atoms with E-state index in [1.807, 2.05) is 31.2 Å². The van der Waals surface area contributed by atoms with Crippen LogP contribution in [0.15, 0.2) is 24.3 Å². The first-order chi connectivity index (χ1) is 12.9. The summed E-state index contributed by atoms with van der Waals surface area (Å²) in [6.07, 6.45) is 2.90. The predicted molar refractivity (Wildman–Crippen MR) is 106 cm³/mol. The first-order valence-corrected chi connectivity index (χ1v) is 10.0. The molecule has 3 aliphatic rings. The second-order valence-corrected chi connectivity index (χ2v) is 8.53. The van der Waals surface area contributed by atoms with Gasteiger partial charge in [-0.3, -0.25) is 14.5 Å². The number of carbonyl (C=O) groups is 2. The summed E-state index contributed by atoms with van der Waals surface area (Å²) in [7, 11) is 4.31. The summed E-state index contributed by atoms with van der Waals surface area (Å²) in [5.74, 6) is -0.718. The van der Waals surface area contributed by atoms with Gasteiger partial charge in [-0.05, 0) is 65.0 Å². The third kappa shape index (κ3) is 3.15. The number of amides is 2. The van der Waals surface area contributed by atoms with E-state index in [9.17, 15) is 9.59 Å². The van der Waals surface area contributed by atoms with Crippen LogP contribution in [0.4, 0.5) is 5.69 Å². The minimum atomic E-state index is -0.375. The highest BCUT2D eigenvalue weighted by atomic mass is 16.2. The molecule has 1 unspecified atom stereocenters. The molecule has 0 N–H and O–H groups in total. The molecular formula is C21H30N4O2. The zero-order valence-corrected chi connectivity index (χ0v) is 16.6. The number of likely N-dealkylation sites (N-methyl/N-ethyl adjacent to an activating group) is 1. The van der Waals surface area contributed by atoms with Gasteiger partial charge in [0.25, 0.3) is 0 Å². The fourth-order valence-electron chi connectivity index (χ4n) is 4.92. The van der Waals surface area contributed by atoms with Gasteiger partial charge >= 0.3 is 11.8 Å². The van der Waals surface area contributed by atoms with E-state index in [1.54, 1.807) is 9.80 Å². The molecule has 6 nitrogen and oxygen atoms in total. The minimum Gasteiger partial charge on any atom is -0.331 e. The van der Waals surface area contributed by atoms with Crippen LogP contribution in [0.2, 0.25) is 0 Å². The lowest BCUT2D eigenvalue weighted by Crippen LogP contribution is -2.66. The monoisotopic (exact) mass is 370 g/mol. The van der Waals surface area contributed by atoms with Gasteiger partial charge in [0.05, 0.1) is 0 Å². The summed E-state index contributed by atoms with van der Waals surface area (Å²) in [5, 5.41) is 0. The van der Waals surface area contributed by atoms with Crippen LogP contribution in [0.5, 0.6) is 0 Å². The molecule has 4 rings (SSSR count). The number of likely N-dealkylation sites (tertiary alicyclic amines) is 1. The van der Waals surface area contributed by atoms with Crippen LogP contribution in [0, 0.1) is 0 Å². The fraction of sp³-hybridized carbons (Fsp3) is 0.619. The lowest BCUT2D eigenvalue weighted by atomic mass is 9.84. The van der Waals surface area contributed by atoms with E-state index in [1.165, 1.54) is 0 Å². The molecule has 0 aromatic heterocycles. The fourth-order valence-corrected chi connectivity index (χ4v) is 4.92. The van der Waals surface area contributed by atoms with E-state index >= 15 is 0 Å². The molecule has 27 heavy (non-hydrogen) atoms. The zero-order chi connectivity index (χ0) is 19.2. The van der Waals surface area contributed by atoms with Crippen molar-refractivity contribution in [3.05, 3.63) is 29.8 Å². The number of para-hydroxylation sites is 1. The molecule has 0 aliphatic carbocycles. The molecule has 0 saturated carbocycles. The van der Waals surface area contributed by atoms with Crippen LogP contribution < -0.4 is 4.90 Å². The molecule has 146 valence electrons. The smallest absolute Gasteiger partial charge is 0.316 e. The van der Waals surface area contributed by atoms with Crippen LogP contribution in [0.1, 0.15) is 25.3 Å². The maximum Gasteiger partial charge on any atom is 0.316 e. The van der Waals surface area contributed by atoms with Crippen molar-refractivity contribution < 1.29 is 9.59 Å². The van der Waals surface area contributed by atoms with E-state index in [4.69, 9.17) is 0 Å². The third-order valence-electron chi connectivity index (χ3n) is 6.81. The summed E-state index contributed by atoms with van der Waals surface area (Å²) < 4.78 is 0. The Hall–Kier alpha value is -1.92. The number of rotatable bonds is 0. The average Bonchev–Trinajstić information content (AvgIpc) is 3.01. The van der Waals surface area contributed by atoms with Gasteiger partial charge in [-0.1, -0.05) is 18.2 Å². The van der Waals surface area contributed by atoms with Crippen molar-refractivity contribution in [3.63, 3.8) is 0 Å². The summed E-state index contributed by atoms with van der Waals surface area (Å²) in [5.41, 5.74) is 2.05. The highest BCUT2D eigenvalue weighted by molar-refractivity contribution is 6.40. The largest absolute Gasteiger partial charge is 0.331 e. The molecule has 3 aliphatic heterocycles. The van der Waals surface area contributed by atoms with Gasteiger partial charge < -0.3 is 14.7 Å². The van der Waals surface area contributed by atoms with Gasteiger partial charge in [0.2, 0.25) is 0 Å². The highest BCUT2D eigenvalue weighted by Gasteiger charge is 2.45. The van der Waals surface area contributed by atoms with Crippen LogP contribution in [0.25, 0.3) is 0 Å². The van der Waals surface area contributed by atoms with E-state index in [2.05, 4.69) is 23.9 Å². The summed E-state index contributed by atoms with van der Waals surface area (Å²) in [6, 6.07) is 7.96. The molecule has 0 bridgehead atoms. The standard InChI is InChI=1S/C21H30N4O2/c1-16-14-17-6-4-5-7-18(17)25(16)20(27)19(26)24-13-12-23(3)21(15-24)8-10-22(2)11-9-21/h4-7,16H,8-15H2,1-3H3. The summed E-state index contributed by atoms with van der Waals surface area (Å²) in [4.78, 5) is 34.5. The number of hydrogen-bond donors (Lipinski definition) is 0. The van der Waals surface area contributed by atoms with Crippen LogP contribution in [0.3, 0.4) is 0 Å². The SMILES string of the molecule is CC1Cc2ccccc2N1C(=O)C(=O)N1CCN(C)C2(CCN(C)CC2)C1. The maximum absolute atomic E-state index is 13.1. The van der Waals surface area contributed by atoms with Gasteiger partial charge in [-0.15, -0.1) is 0 Å². The van der Waals surface area contributed by atoms with Crippen molar-refractivity contribution in [1.29, 1.82) is 0 Å². The second kappa shape index (κ2) is 6.91. The Balaban J connectivity index is 1.52. The normalized spacial score (nSPS) is 25.7. The topological polar surface area (TPSA) is 47.1 Å². The molecule has 1 aromatic carbocycles. The van der Waals surface area contributed by atoms with E-state index in [-0.39, 0.29) is 23.4 Å². The maximum atomic E-state index is 13.1. The zero-order valence-electron chi connectivity index (χ0n) is 16.6. The molecule has 1 spiro atoms. The van der Waals surface area contributed by atoms with Crippen molar-refractivity contribution in [2.75, 3.05) is 51.7 Å². The van der Waals surface area contributed by atoms with Crippen molar-refractivity contribution in [3.8, 4) is 0 Å². The van der Waals surface area contributed by atoms with Gasteiger partial charge in [0, 0.05) is 36.9 Å². The Kier molecular flexibility index (Phi) is 4.72. The van der Waals surface area contributed by atoms with Crippen LogP contribution in [-0.4, -0.2) is 84.9 Å². The molecule has 2 fully saturated rings. The number of benzene rings is 1. The Morgan fingerprint density at radius 3 is 2.44 bits per heavy atom. The quantitative estimate of drug-likeness (QED) is 0.644. The number of piperazine rings is 1. The minimum absolute atomic E-state index is 0.00916. The molecule has 3 heterocycles. The molecule has 1 atom stereocenters. The number of fused-ring (bicyclic) bond motifs is 1. The molecule has 0 radical (unpaired) electrons. The molecule has 2 saturated heterocycles. The number of hydrogen-bond acceptors (Lipinski definition) is 4. The van der Waals surface area contributed by atoms with Crippen molar-refractivity contribution in [1.82, 2.24) is 14.7 Å². The van der Waals surface area contributed by atoms with Gasteiger partial charge in [-0.25, -0.2) is 0 Å². The summed E-state index contributed by atoms with van der Waals surface area (Å²) >= 11 is 0. The third-order valence-corrected chi connectivity index (χ3v) is 6.81. The lowest BCUT2D eigenvalue weighted by Gasteiger charge is -2.52. The average molecular weight is 370 g/mol. The highest BCUT2D eigenvalue weighted by Crippen LogP contribution is 2.34. The Morgan fingerprint density at radius 1 is 1.00 bits per heavy atom. The van der Waals surface area contributed by atoms with Crippen molar-refractivity contribution in [2.45, 2.75) is 37.8 Å². The predicted octanol–water partition coefficient (Wildman–Crippen LogP) is 1.20. The van der Waals surface area contributed by atoms with E-state index in [0.717, 1.165) is 50.1 Å². The summed E-state index contributed by atoms with van der Waals surface area (Å²) in [6.45, 7) is 6.21. The molecule has 2 amide bonds. The number of piperidine rings is 1. The molecule has 1 aromatic rings. The second-order valence-electron chi connectivity index (χ2n) is 8.53. The van der Waals surface area contributed by atoms with Crippen LogP contribution in [-0.2, 0) is 16.0 Å². The molecular weight excluding hydrogens is 340 g/mol. The Labute approximate surface area is 161 Å². The Morgan fingerprint density at radius 2 is 1.70 bits per heavy atom. The first kappa shape index (κ1) is 18.4. The van der Waals surface area contributed by atoms with Gasteiger partial charge in [0.15, 0.2) is 0 Å². The van der Waals surface area contributed by atoms with Crippen molar-refractivity contribution >= 4 is 17.5 Å². The van der Waals surface area contributed by atoms with E-state index < -0.39 is 0 Å². The number of anilines is 1. The number of nitrogens with zero attached hydrogens (tertiary/aromatic N) is 4. The first-order valence-electron chi connectivity index (χ1n) is 10.0. The Bertz CT molecular complexity index is 741. The van der Waals surface area contributed by atoms with Crippen molar-refractivity contribution in [2.24, 2.45) is 0 Å². The lowest BCUT2D eigenvalue weighted by molar-refractivity contribution is -0.149.